The highest BCUT2D eigenvalue weighted by atomic mass is 35.5. The molecule has 1 amide bonds. The van der Waals surface area contributed by atoms with Crippen LogP contribution in [0.2, 0.25) is 10.0 Å². The number of nitrogen functional groups attached to an aromatic ring is 1. The van der Waals surface area contributed by atoms with Crippen LogP contribution in [0.25, 0.3) is 22.2 Å². The van der Waals surface area contributed by atoms with Gasteiger partial charge in [-0.1, -0.05) is 89.9 Å². The van der Waals surface area contributed by atoms with Crippen molar-refractivity contribution in [1.82, 2.24) is 10.3 Å². The summed E-state index contributed by atoms with van der Waals surface area (Å²) in [6, 6.07) is 27.6. The van der Waals surface area contributed by atoms with E-state index in [4.69, 9.17) is 28.9 Å². The molecule has 0 aliphatic heterocycles. The molecule has 0 aliphatic rings. The molecule has 4 aromatic carbocycles. The smallest absolute Gasteiger partial charge is 0.253 e. The minimum Gasteiger partial charge on any atom is -0.503 e. The molecule has 5 rings (SSSR count). The molecule has 1 heterocycles. The van der Waals surface area contributed by atoms with E-state index in [9.17, 15) is 14.7 Å². The van der Waals surface area contributed by atoms with Crippen LogP contribution in [0.5, 0.6) is 5.75 Å². The van der Waals surface area contributed by atoms with E-state index in [0.29, 0.717) is 12.1 Å². The molecule has 0 aliphatic carbocycles. The molecule has 38 heavy (non-hydrogen) atoms. The first-order chi connectivity index (χ1) is 18.3. The predicted octanol–water partition coefficient (Wildman–Crippen LogP) is 6.35. The highest BCUT2D eigenvalue weighted by molar-refractivity contribution is 6.39. The largest absolute Gasteiger partial charge is 0.503 e. The summed E-state index contributed by atoms with van der Waals surface area (Å²) >= 11 is 12.4. The SMILES string of the molecule is Nc1c(Cl)cc(-c2[nH]c3c(C(=O)NCC(c4ccccc4)c4ccccc4)cccc3c(=O)c2O)cc1Cl. The number of aromatic amines is 1. The van der Waals surface area contributed by atoms with Crippen molar-refractivity contribution in [2.45, 2.75) is 5.92 Å². The van der Waals surface area contributed by atoms with E-state index in [2.05, 4.69) is 10.3 Å². The second kappa shape index (κ2) is 10.6. The number of carbonyl (C=O) groups is 1. The highest BCUT2D eigenvalue weighted by Gasteiger charge is 2.21. The zero-order chi connectivity index (χ0) is 26.8. The molecule has 0 radical (unpaired) electrons. The van der Waals surface area contributed by atoms with Crippen LogP contribution in [0.4, 0.5) is 5.69 Å². The number of halogens is 2. The van der Waals surface area contributed by atoms with E-state index in [0.717, 1.165) is 11.1 Å². The normalized spacial score (nSPS) is 11.1. The lowest BCUT2D eigenvalue weighted by atomic mass is 9.91. The van der Waals surface area contributed by atoms with Gasteiger partial charge in [-0.05, 0) is 35.4 Å². The summed E-state index contributed by atoms with van der Waals surface area (Å²) in [6.45, 7) is 0.335. The van der Waals surface area contributed by atoms with Crippen molar-refractivity contribution in [3.63, 3.8) is 0 Å². The lowest BCUT2D eigenvalue weighted by Crippen LogP contribution is -2.29. The first-order valence-corrected chi connectivity index (χ1v) is 12.6. The number of para-hydroxylation sites is 1. The number of hydrogen-bond acceptors (Lipinski definition) is 4. The molecule has 0 saturated heterocycles. The van der Waals surface area contributed by atoms with E-state index >= 15 is 0 Å². The Morgan fingerprint density at radius 1 is 0.895 bits per heavy atom. The Morgan fingerprint density at radius 2 is 1.47 bits per heavy atom. The maximum absolute atomic E-state index is 13.5. The molecule has 8 heteroatoms. The van der Waals surface area contributed by atoms with Crippen LogP contribution >= 0.6 is 23.2 Å². The van der Waals surface area contributed by atoms with Gasteiger partial charge in [0, 0.05) is 18.0 Å². The number of pyridine rings is 1. The van der Waals surface area contributed by atoms with E-state index in [1.165, 1.54) is 12.1 Å². The number of benzene rings is 4. The van der Waals surface area contributed by atoms with Crippen LogP contribution in [0.15, 0.2) is 95.8 Å². The quantitative estimate of drug-likeness (QED) is 0.187. The molecule has 6 nitrogen and oxygen atoms in total. The third-order valence-electron chi connectivity index (χ3n) is 6.49. The minimum absolute atomic E-state index is 0.0750. The summed E-state index contributed by atoms with van der Waals surface area (Å²) in [5, 5.41) is 14.2. The maximum Gasteiger partial charge on any atom is 0.253 e. The molecule has 0 fully saturated rings. The highest BCUT2D eigenvalue weighted by Crippen LogP contribution is 2.36. The van der Waals surface area contributed by atoms with Crippen LogP contribution in [0.1, 0.15) is 27.4 Å². The van der Waals surface area contributed by atoms with Gasteiger partial charge in [0.15, 0.2) is 5.75 Å². The second-order valence-corrected chi connectivity index (χ2v) is 9.66. The number of hydrogen-bond donors (Lipinski definition) is 4. The molecule has 0 atom stereocenters. The van der Waals surface area contributed by atoms with Gasteiger partial charge in [0.25, 0.3) is 5.91 Å². The molecule has 5 aromatic rings. The number of anilines is 1. The van der Waals surface area contributed by atoms with Gasteiger partial charge in [-0.2, -0.15) is 0 Å². The van der Waals surface area contributed by atoms with Gasteiger partial charge >= 0.3 is 0 Å². The Kier molecular flexibility index (Phi) is 7.09. The van der Waals surface area contributed by atoms with Crippen LogP contribution in [0, 0.1) is 0 Å². The number of aromatic hydroxyl groups is 1. The second-order valence-electron chi connectivity index (χ2n) is 8.84. The van der Waals surface area contributed by atoms with Crippen molar-refractivity contribution in [3.8, 4) is 17.0 Å². The van der Waals surface area contributed by atoms with Crippen LogP contribution in [0.3, 0.4) is 0 Å². The Balaban J connectivity index is 1.54. The molecule has 0 bridgehead atoms. The fourth-order valence-electron chi connectivity index (χ4n) is 4.52. The fourth-order valence-corrected chi connectivity index (χ4v) is 5.00. The third kappa shape index (κ3) is 4.84. The molecule has 0 unspecified atom stereocenters. The van der Waals surface area contributed by atoms with E-state index in [-0.39, 0.29) is 49.7 Å². The van der Waals surface area contributed by atoms with Gasteiger partial charge < -0.3 is 21.1 Å². The van der Waals surface area contributed by atoms with Gasteiger partial charge in [0.05, 0.1) is 37.9 Å². The standard InChI is InChI=1S/C30H23Cl2N3O3/c31-23-14-19(15-24(32)25(23)33)26-29(37)28(36)20-12-7-13-21(27(20)35-26)30(38)34-16-22(17-8-3-1-4-9-17)18-10-5-2-6-11-18/h1-15,22,37H,16,33H2,(H,34,38)(H,35,36). The summed E-state index contributed by atoms with van der Waals surface area (Å²) in [4.78, 5) is 29.6. The van der Waals surface area contributed by atoms with Crippen molar-refractivity contribution < 1.29 is 9.90 Å². The summed E-state index contributed by atoms with van der Waals surface area (Å²) in [5.74, 6) is -0.956. The summed E-state index contributed by atoms with van der Waals surface area (Å²) in [7, 11) is 0. The summed E-state index contributed by atoms with van der Waals surface area (Å²) in [5.41, 5.74) is 8.51. The Hall–Kier alpha value is -4.26. The van der Waals surface area contributed by atoms with Crippen molar-refractivity contribution in [3.05, 3.63) is 128 Å². The lowest BCUT2D eigenvalue weighted by molar-refractivity contribution is 0.0954. The van der Waals surface area contributed by atoms with Gasteiger partial charge in [-0.25, -0.2) is 0 Å². The average Bonchev–Trinajstić information content (AvgIpc) is 2.94. The average molecular weight is 544 g/mol. The maximum atomic E-state index is 13.5. The molecule has 0 saturated carbocycles. The number of fused-ring (bicyclic) bond motifs is 1. The Morgan fingerprint density at radius 3 is 2.05 bits per heavy atom. The number of carbonyl (C=O) groups excluding carboxylic acids is 1. The Labute approximate surface area is 228 Å². The number of H-pyrrole nitrogens is 1. The number of nitrogens with two attached hydrogens (primary N) is 1. The van der Waals surface area contributed by atoms with Crippen LogP contribution < -0.4 is 16.5 Å². The topological polar surface area (TPSA) is 108 Å². The van der Waals surface area contributed by atoms with Crippen molar-refractivity contribution >= 4 is 45.7 Å². The molecule has 5 N–H and O–H groups in total. The molecule has 190 valence electrons. The van der Waals surface area contributed by atoms with Crippen molar-refractivity contribution in [1.29, 1.82) is 0 Å². The molecular weight excluding hydrogens is 521 g/mol. The lowest BCUT2D eigenvalue weighted by Gasteiger charge is -2.19. The van der Waals surface area contributed by atoms with E-state index in [1.54, 1.807) is 18.2 Å². The van der Waals surface area contributed by atoms with E-state index in [1.807, 2.05) is 60.7 Å². The van der Waals surface area contributed by atoms with Gasteiger partial charge in [-0.3, -0.25) is 9.59 Å². The van der Waals surface area contributed by atoms with Crippen LogP contribution in [-0.2, 0) is 0 Å². The van der Waals surface area contributed by atoms with Crippen LogP contribution in [-0.4, -0.2) is 22.5 Å². The number of nitrogens with one attached hydrogen (secondary N) is 2. The van der Waals surface area contributed by atoms with Crippen molar-refractivity contribution in [2.75, 3.05) is 12.3 Å². The molecule has 1 aromatic heterocycles. The number of rotatable bonds is 6. The van der Waals surface area contributed by atoms with Gasteiger partial charge in [-0.15, -0.1) is 0 Å². The number of amides is 1. The first-order valence-electron chi connectivity index (χ1n) is 11.9. The number of aromatic nitrogens is 1. The van der Waals surface area contributed by atoms with E-state index < -0.39 is 11.2 Å². The van der Waals surface area contributed by atoms with Gasteiger partial charge in [0.2, 0.25) is 5.43 Å². The zero-order valence-electron chi connectivity index (χ0n) is 20.0. The van der Waals surface area contributed by atoms with Crippen molar-refractivity contribution in [2.24, 2.45) is 0 Å². The third-order valence-corrected chi connectivity index (χ3v) is 7.12. The first kappa shape index (κ1) is 25.4. The summed E-state index contributed by atoms with van der Waals surface area (Å²) < 4.78 is 0. The molecule has 0 spiro atoms. The molecular formula is C30H23Cl2N3O3. The van der Waals surface area contributed by atoms with Gasteiger partial charge in [0.1, 0.15) is 0 Å². The minimum atomic E-state index is -0.626. The predicted molar refractivity (Wildman–Crippen MR) is 153 cm³/mol. The monoisotopic (exact) mass is 543 g/mol. The zero-order valence-corrected chi connectivity index (χ0v) is 21.6. The summed E-state index contributed by atoms with van der Waals surface area (Å²) in [6.07, 6.45) is 0. The fraction of sp³-hybridized carbons (Fsp3) is 0.0667. The Bertz CT molecular complexity index is 1640.